The third-order valence-electron chi connectivity index (χ3n) is 3.21. The molecular weight excluding hydrogens is 330 g/mol. The van der Waals surface area contributed by atoms with Crippen molar-refractivity contribution < 1.29 is 23.8 Å². The fourth-order valence-electron chi connectivity index (χ4n) is 1.94. The Morgan fingerprint density at radius 2 is 1.79 bits per heavy atom. The number of hydrogen-bond acceptors (Lipinski definition) is 6. The van der Waals surface area contributed by atoms with Crippen molar-refractivity contribution in [1.29, 1.82) is 0 Å². The highest BCUT2D eigenvalue weighted by atomic mass is 32.2. The van der Waals surface area contributed by atoms with Crippen LogP contribution in [-0.4, -0.2) is 51.3 Å². The summed E-state index contributed by atoms with van der Waals surface area (Å²) in [7, 11) is 4.42. The highest BCUT2D eigenvalue weighted by Crippen LogP contribution is 2.23. The van der Waals surface area contributed by atoms with Crippen LogP contribution in [0.4, 0.5) is 0 Å². The Kier molecular flexibility index (Phi) is 8.78. The number of hydrogen-bond donors (Lipinski definition) is 1. The van der Waals surface area contributed by atoms with Gasteiger partial charge < -0.3 is 19.5 Å². The Labute approximate surface area is 146 Å². The Morgan fingerprint density at radius 3 is 2.29 bits per heavy atom. The van der Waals surface area contributed by atoms with Gasteiger partial charge >= 0.3 is 5.97 Å². The number of thioether (sulfide) groups is 1. The topological polar surface area (TPSA) is 73.9 Å². The third kappa shape index (κ3) is 6.54. The van der Waals surface area contributed by atoms with Gasteiger partial charge in [0.05, 0.1) is 21.3 Å². The van der Waals surface area contributed by atoms with E-state index >= 15 is 0 Å². The first-order valence-electron chi connectivity index (χ1n) is 7.32. The van der Waals surface area contributed by atoms with Gasteiger partial charge in [-0.3, -0.25) is 4.79 Å². The highest BCUT2D eigenvalue weighted by Gasteiger charge is 2.19. The van der Waals surface area contributed by atoms with Crippen molar-refractivity contribution in [3.63, 3.8) is 0 Å². The van der Waals surface area contributed by atoms with Crippen molar-refractivity contribution in [2.75, 3.05) is 33.3 Å². The van der Waals surface area contributed by atoms with E-state index in [4.69, 9.17) is 14.2 Å². The van der Waals surface area contributed by atoms with Gasteiger partial charge in [-0.25, -0.2) is 4.79 Å². The van der Waals surface area contributed by atoms with Crippen LogP contribution in [-0.2, 0) is 14.3 Å². The fraction of sp³-hybridized carbons (Fsp3) is 0.412. The van der Waals surface area contributed by atoms with E-state index in [9.17, 15) is 9.59 Å². The molecule has 0 radical (unpaired) electrons. The summed E-state index contributed by atoms with van der Waals surface area (Å²) >= 11 is 1.60. The van der Waals surface area contributed by atoms with Crippen molar-refractivity contribution in [2.45, 2.75) is 12.5 Å². The molecule has 0 saturated carbocycles. The van der Waals surface area contributed by atoms with Gasteiger partial charge in [0.2, 0.25) is 5.91 Å². The monoisotopic (exact) mass is 353 g/mol. The standard InChI is InChI=1S/C17H23NO5S/c1-21-13-9-12(10-14(11-13)22-2)5-6-16(19)18-15(7-8-24-4)17(20)23-3/h5-6,9-11,15H,7-8H2,1-4H3,(H,18,19)/b6-5+/t15-/m1/s1. The summed E-state index contributed by atoms with van der Waals surface area (Å²) < 4.78 is 15.1. The first kappa shape index (κ1) is 19.9. The SMILES string of the molecule is COC(=O)[C@@H](CCSC)NC(=O)/C=C/c1cc(OC)cc(OC)c1. The smallest absolute Gasteiger partial charge is 0.328 e. The molecule has 1 amide bonds. The third-order valence-corrected chi connectivity index (χ3v) is 3.86. The quantitative estimate of drug-likeness (QED) is 0.541. The summed E-state index contributed by atoms with van der Waals surface area (Å²) in [6.07, 6.45) is 5.44. The van der Waals surface area contributed by atoms with Gasteiger partial charge in [0.15, 0.2) is 0 Å². The van der Waals surface area contributed by atoms with Crippen molar-refractivity contribution in [2.24, 2.45) is 0 Å². The lowest BCUT2D eigenvalue weighted by Crippen LogP contribution is -2.41. The molecule has 132 valence electrons. The zero-order chi connectivity index (χ0) is 17.9. The van der Waals surface area contributed by atoms with Crippen LogP contribution in [0.3, 0.4) is 0 Å². The number of methoxy groups -OCH3 is 3. The van der Waals surface area contributed by atoms with Crippen molar-refractivity contribution in [3.8, 4) is 11.5 Å². The van der Waals surface area contributed by atoms with Crippen LogP contribution in [0.5, 0.6) is 11.5 Å². The Bertz CT molecular complexity index is 566. The first-order valence-corrected chi connectivity index (χ1v) is 8.71. The average molecular weight is 353 g/mol. The molecule has 1 rings (SSSR count). The van der Waals surface area contributed by atoms with E-state index < -0.39 is 12.0 Å². The summed E-state index contributed by atoms with van der Waals surface area (Å²) in [4.78, 5) is 23.7. The number of benzene rings is 1. The minimum absolute atomic E-state index is 0.367. The van der Waals surface area contributed by atoms with Crippen LogP contribution in [0.25, 0.3) is 6.08 Å². The second-order valence-electron chi connectivity index (χ2n) is 4.85. The molecule has 24 heavy (non-hydrogen) atoms. The maximum atomic E-state index is 12.0. The average Bonchev–Trinajstić information content (AvgIpc) is 2.62. The minimum atomic E-state index is -0.653. The Hall–Kier alpha value is -2.15. The molecule has 0 aromatic heterocycles. The molecule has 1 aromatic carbocycles. The summed E-state index contributed by atoms with van der Waals surface area (Å²) in [5.74, 6) is 1.18. The maximum absolute atomic E-state index is 12.0. The van der Waals surface area contributed by atoms with Gasteiger partial charge in [-0.05, 0) is 42.2 Å². The van der Waals surface area contributed by atoms with Crippen LogP contribution in [0.1, 0.15) is 12.0 Å². The number of carbonyl (C=O) groups excluding carboxylic acids is 2. The molecule has 0 aliphatic rings. The van der Waals surface area contributed by atoms with Crippen LogP contribution in [0.15, 0.2) is 24.3 Å². The van der Waals surface area contributed by atoms with Gasteiger partial charge in [0.25, 0.3) is 0 Å². The Morgan fingerprint density at radius 1 is 1.17 bits per heavy atom. The van der Waals surface area contributed by atoms with Gasteiger partial charge in [-0.1, -0.05) is 0 Å². The molecule has 0 aliphatic carbocycles. The molecule has 0 heterocycles. The van der Waals surface area contributed by atoms with E-state index in [2.05, 4.69) is 5.32 Å². The molecule has 1 atom stereocenters. The summed E-state index contributed by atoms with van der Waals surface area (Å²) in [5.41, 5.74) is 0.750. The van der Waals surface area contributed by atoms with Gasteiger partial charge in [-0.15, -0.1) is 0 Å². The van der Waals surface area contributed by atoms with E-state index in [0.717, 1.165) is 11.3 Å². The first-order chi connectivity index (χ1) is 11.5. The Balaban J connectivity index is 2.78. The van der Waals surface area contributed by atoms with Crippen LogP contribution < -0.4 is 14.8 Å². The van der Waals surface area contributed by atoms with Crippen molar-refractivity contribution >= 4 is 29.7 Å². The molecule has 0 saturated heterocycles. The van der Waals surface area contributed by atoms with Crippen molar-refractivity contribution in [3.05, 3.63) is 29.8 Å². The van der Waals surface area contributed by atoms with Crippen LogP contribution in [0.2, 0.25) is 0 Å². The normalized spacial score (nSPS) is 11.8. The number of amides is 1. The minimum Gasteiger partial charge on any atom is -0.497 e. The van der Waals surface area contributed by atoms with Gasteiger partial charge in [-0.2, -0.15) is 11.8 Å². The van der Waals surface area contributed by atoms with Gasteiger partial charge in [0, 0.05) is 12.1 Å². The molecule has 0 fully saturated rings. The summed E-state index contributed by atoms with van der Waals surface area (Å²) in [6, 6.07) is 4.64. The molecule has 1 N–H and O–H groups in total. The number of ether oxygens (including phenoxy) is 3. The lowest BCUT2D eigenvalue weighted by molar-refractivity contribution is -0.144. The van der Waals surface area contributed by atoms with Crippen molar-refractivity contribution in [1.82, 2.24) is 5.32 Å². The van der Waals surface area contributed by atoms with E-state index in [-0.39, 0.29) is 5.91 Å². The summed E-state index contributed by atoms with van der Waals surface area (Å²) in [6.45, 7) is 0. The molecule has 0 unspecified atom stereocenters. The zero-order valence-electron chi connectivity index (χ0n) is 14.3. The predicted octanol–water partition coefficient (Wildman–Crippen LogP) is 2.13. The summed E-state index contributed by atoms with van der Waals surface area (Å²) in [5, 5.41) is 2.65. The molecule has 0 bridgehead atoms. The number of esters is 1. The second-order valence-corrected chi connectivity index (χ2v) is 5.83. The molecule has 0 spiro atoms. The molecule has 6 nitrogen and oxygen atoms in total. The predicted molar refractivity (Wildman–Crippen MR) is 95.5 cm³/mol. The number of nitrogens with one attached hydrogen (secondary N) is 1. The van der Waals surface area contributed by atoms with Crippen LogP contribution >= 0.6 is 11.8 Å². The highest BCUT2D eigenvalue weighted by molar-refractivity contribution is 7.98. The number of rotatable bonds is 9. The molecule has 1 aromatic rings. The maximum Gasteiger partial charge on any atom is 0.328 e. The van der Waals surface area contributed by atoms with Crippen LogP contribution in [0, 0.1) is 0 Å². The molecule has 0 aliphatic heterocycles. The van der Waals surface area contributed by atoms with E-state index in [1.807, 2.05) is 6.26 Å². The fourth-order valence-corrected chi connectivity index (χ4v) is 2.42. The molecular formula is C17H23NO5S. The zero-order valence-corrected chi connectivity index (χ0v) is 15.1. The van der Waals surface area contributed by atoms with E-state index in [0.29, 0.717) is 17.9 Å². The number of carbonyl (C=O) groups is 2. The lowest BCUT2D eigenvalue weighted by Gasteiger charge is -2.14. The van der Waals surface area contributed by atoms with E-state index in [1.54, 1.807) is 50.3 Å². The largest absolute Gasteiger partial charge is 0.497 e. The lowest BCUT2D eigenvalue weighted by atomic mass is 10.1. The van der Waals surface area contributed by atoms with E-state index in [1.165, 1.54) is 13.2 Å². The van der Waals surface area contributed by atoms with Gasteiger partial charge in [0.1, 0.15) is 17.5 Å². The molecule has 7 heteroatoms. The second kappa shape index (κ2) is 10.6.